The SMILES string of the molecule is O=C(COC(c1ccccc1)c1ccccc1)N1CCC(C(c2ccccc2)N2CCCCC2)CC1. The number of benzene rings is 3. The standard InChI is InChI=1S/C32H38N2O2/c35-30(25-36-32(28-15-7-2-8-16-28)29-17-9-3-10-18-29)33-23-19-27(20-24-33)31(26-13-5-1-6-14-26)34-21-11-4-12-22-34/h1-3,5-10,13-18,27,31-32H,4,11-12,19-25H2. The van der Waals surface area contributed by atoms with Crippen LogP contribution in [0.2, 0.25) is 0 Å². The van der Waals surface area contributed by atoms with Gasteiger partial charge in [-0.1, -0.05) is 97.4 Å². The third-order valence-corrected chi connectivity index (χ3v) is 7.84. The molecule has 2 heterocycles. The molecule has 0 aliphatic carbocycles. The van der Waals surface area contributed by atoms with Gasteiger partial charge >= 0.3 is 0 Å². The average Bonchev–Trinajstić information content (AvgIpc) is 2.96. The molecule has 0 radical (unpaired) electrons. The van der Waals surface area contributed by atoms with Gasteiger partial charge in [-0.15, -0.1) is 0 Å². The van der Waals surface area contributed by atoms with Crippen LogP contribution in [0.15, 0.2) is 91.0 Å². The van der Waals surface area contributed by atoms with Crippen LogP contribution in [0.4, 0.5) is 0 Å². The highest BCUT2D eigenvalue weighted by atomic mass is 16.5. The van der Waals surface area contributed by atoms with Crippen LogP contribution in [-0.2, 0) is 9.53 Å². The summed E-state index contributed by atoms with van der Waals surface area (Å²) in [5.41, 5.74) is 3.57. The fraction of sp³-hybridized carbons (Fsp3) is 0.406. The number of rotatable bonds is 8. The molecule has 4 heteroatoms. The predicted molar refractivity (Wildman–Crippen MR) is 145 cm³/mol. The minimum absolute atomic E-state index is 0.0968. The lowest BCUT2D eigenvalue weighted by molar-refractivity contribution is -0.139. The van der Waals surface area contributed by atoms with Crippen molar-refractivity contribution < 1.29 is 9.53 Å². The van der Waals surface area contributed by atoms with Gasteiger partial charge in [0.05, 0.1) is 0 Å². The van der Waals surface area contributed by atoms with E-state index in [1.54, 1.807) is 0 Å². The Balaban J connectivity index is 1.21. The second kappa shape index (κ2) is 12.3. The van der Waals surface area contributed by atoms with E-state index in [2.05, 4.69) is 59.5 Å². The first-order valence-corrected chi connectivity index (χ1v) is 13.6. The number of carbonyl (C=O) groups is 1. The Hall–Kier alpha value is -2.95. The largest absolute Gasteiger partial charge is 0.359 e. The summed E-state index contributed by atoms with van der Waals surface area (Å²) in [6.45, 7) is 4.10. The van der Waals surface area contributed by atoms with E-state index in [0.29, 0.717) is 12.0 Å². The molecule has 188 valence electrons. The zero-order valence-electron chi connectivity index (χ0n) is 21.2. The van der Waals surface area contributed by atoms with Gasteiger partial charge in [-0.3, -0.25) is 9.69 Å². The molecule has 0 bridgehead atoms. The third kappa shape index (κ3) is 6.05. The van der Waals surface area contributed by atoms with E-state index in [4.69, 9.17) is 4.74 Å². The van der Waals surface area contributed by atoms with Gasteiger partial charge in [0.1, 0.15) is 12.7 Å². The highest BCUT2D eigenvalue weighted by molar-refractivity contribution is 5.77. The van der Waals surface area contributed by atoms with Crippen molar-refractivity contribution in [3.8, 4) is 0 Å². The molecule has 2 fully saturated rings. The first kappa shape index (κ1) is 24.7. The van der Waals surface area contributed by atoms with Crippen LogP contribution < -0.4 is 0 Å². The van der Waals surface area contributed by atoms with E-state index in [-0.39, 0.29) is 18.6 Å². The molecule has 1 amide bonds. The van der Waals surface area contributed by atoms with Crippen LogP contribution in [0.3, 0.4) is 0 Å². The molecule has 36 heavy (non-hydrogen) atoms. The van der Waals surface area contributed by atoms with Crippen LogP contribution in [0.25, 0.3) is 0 Å². The zero-order valence-corrected chi connectivity index (χ0v) is 21.2. The van der Waals surface area contributed by atoms with E-state index in [1.165, 1.54) is 37.9 Å². The number of piperidine rings is 2. The first-order valence-electron chi connectivity index (χ1n) is 13.6. The van der Waals surface area contributed by atoms with Crippen molar-refractivity contribution in [1.29, 1.82) is 0 Å². The quantitative estimate of drug-likeness (QED) is 0.380. The second-order valence-electron chi connectivity index (χ2n) is 10.2. The predicted octanol–water partition coefficient (Wildman–Crippen LogP) is 6.26. The molecular weight excluding hydrogens is 444 g/mol. The molecule has 2 saturated heterocycles. The molecule has 0 N–H and O–H groups in total. The Morgan fingerprint density at radius 3 is 1.72 bits per heavy atom. The maximum atomic E-state index is 13.2. The van der Waals surface area contributed by atoms with E-state index < -0.39 is 0 Å². The van der Waals surface area contributed by atoms with Gasteiger partial charge in [0, 0.05) is 19.1 Å². The Labute approximate surface area is 215 Å². The minimum Gasteiger partial charge on any atom is -0.359 e. The van der Waals surface area contributed by atoms with Crippen LogP contribution in [0.5, 0.6) is 0 Å². The van der Waals surface area contributed by atoms with E-state index >= 15 is 0 Å². The summed E-state index contributed by atoms with van der Waals surface area (Å²) in [7, 11) is 0. The molecule has 3 aromatic rings. The number of hydrogen-bond acceptors (Lipinski definition) is 3. The first-order chi connectivity index (χ1) is 17.8. The average molecular weight is 483 g/mol. The maximum absolute atomic E-state index is 13.2. The Bertz CT molecular complexity index is 1020. The van der Waals surface area contributed by atoms with Gasteiger partial charge in [0.25, 0.3) is 0 Å². The summed E-state index contributed by atoms with van der Waals surface area (Å²) in [5, 5.41) is 0. The molecule has 3 aromatic carbocycles. The smallest absolute Gasteiger partial charge is 0.248 e. The Morgan fingerprint density at radius 2 is 1.19 bits per heavy atom. The van der Waals surface area contributed by atoms with Gasteiger partial charge in [-0.2, -0.15) is 0 Å². The van der Waals surface area contributed by atoms with E-state index in [1.807, 2.05) is 41.3 Å². The zero-order chi connectivity index (χ0) is 24.6. The van der Waals surface area contributed by atoms with Crippen molar-refractivity contribution in [2.75, 3.05) is 32.8 Å². The molecule has 2 aliphatic rings. The second-order valence-corrected chi connectivity index (χ2v) is 10.2. The monoisotopic (exact) mass is 482 g/mol. The summed E-state index contributed by atoms with van der Waals surface area (Å²) in [4.78, 5) is 17.9. The molecule has 0 spiro atoms. The lowest BCUT2D eigenvalue weighted by Gasteiger charge is -2.43. The summed E-state index contributed by atoms with van der Waals surface area (Å²) in [6.07, 6.45) is 5.78. The fourth-order valence-corrected chi connectivity index (χ4v) is 5.98. The van der Waals surface area contributed by atoms with Gasteiger partial charge in [0.15, 0.2) is 0 Å². The number of likely N-dealkylation sites (tertiary alicyclic amines) is 2. The van der Waals surface area contributed by atoms with Crippen LogP contribution in [-0.4, -0.2) is 48.5 Å². The summed E-state index contributed by atoms with van der Waals surface area (Å²) < 4.78 is 6.27. The normalized spacial score (nSPS) is 18.3. The van der Waals surface area contributed by atoms with Crippen LogP contribution >= 0.6 is 0 Å². The van der Waals surface area contributed by atoms with Gasteiger partial charge in [-0.05, 0) is 61.4 Å². The molecule has 5 rings (SSSR count). The van der Waals surface area contributed by atoms with E-state index in [0.717, 1.165) is 37.1 Å². The topological polar surface area (TPSA) is 32.8 Å². The number of nitrogens with zero attached hydrogens (tertiary/aromatic N) is 2. The third-order valence-electron chi connectivity index (χ3n) is 7.84. The lowest BCUT2D eigenvalue weighted by atomic mass is 9.83. The summed E-state index contributed by atoms with van der Waals surface area (Å²) in [5.74, 6) is 0.677. The Kier molecular flexibility index (Phi) is 8.47. The van der Waals surface area contributed by atoms with Gasteiger partial charge in [0.2, 0.25) is 5.91 Å². The summed E-state index contributed by atoms with van der Waals surface area (Å²) in [6, 6.07) is 31.8. The minimum atomic E-state index is -0.240. The van der Waals surface area contributed by atoms with Crippen molar-refractivity contribution >= 4 is 5.91 Å². The maximum Gasteiger partial charge on any atom is 0.248 e. The van der Waals surface area contributed by atoms with Crippen molar-refractivity contribution in [3.05, 3.63) is 108 Å². The van der Waals surface area contributed by atoms with Crippen molar-refractivity contribution in [2.24, 2.45) is 5.92 Å². The number of carbonyl (C=O) groups excluding carboxylic acids is 1. The lowest BCUT2D eigenvalue weighted by Crippen LogP contribution is -2.45. The van der Waals surface area contributed by atoms with E-state index in [9.17, 15) is 4.79 Å². The molecule has 0 aromatic heterocycles. The highest BCUT2D eigenvalue weighted by Gasteiger charge is 2.33. The molecular formula is C32H38N2O2. The molecule has 2 aliphatic heterocycles. The highest BCUT2D eigenvalue weighted by Crippen LogP contribution is 2.37. The van der Waals surface area contributed by atoms with Gasteiger partial charge in [-0.25, -0.2) is 0 Å². The summed E-state index contributed by atoms with van der Waals surface area (Å²) >= 11 is 0. The van der Waals surface area contributed by atoms with Crippen LogP contribution in [0, 0.1) is 5.92 Å². The molecule has 4 nitrogen and oxygen atoms in total. The van der Waals surface area contributed by atoms with Crippen molar-refractivity contribution in [1.82, 2.24) is 9.80 Å². The molecule has 1 atom stereocenters. The van der Waals surface area contributed by atoms with Crippen molar-refractivity contribution in [2.45, 2.75) is 44.2 Å². The Morgan fingerprint density at radius 1 is 0.694 bits per heavy atom. The molecule has 0 saturated carbocycles. The number of ether oxygens (including phenoxy) is 1. The van der Waals surface area contributed by atoms with Gasteiger partial charge < -0.3 is 9.64 Å². The van der Waals surface area contributed by atoms with Crippen LogP contribution in [0.1, 0.15) is 60.9 Å². The number of amides is 1. The number of hydrogen-bond donors (Lipinski definition) is 0. The molecule has 1 unspecified atom stereocenters. The van der Waals surface area contributed by atoms with Crippen molar-refractivity contribution in [3.63, 3.8) is 0 Å². The fourth-order valence-electron chi connectivity index (χ4n) is 5.98.